The summed E-state index contributed by atoms with van der Waals surface area (Å²) in [5, 5.41) is 1.05. The smallest absolute Gasteiger partial charge is 0.139 e. The van der Waals surface area contributed by atoms with E-state index in [4.69, 9.17) is 27.9 Å². The summed E-state index contributed by atoms with van der Waals surface area (Å²) in [5.74, 6) is 0.679. The minimum Gasteiger partial charge on any atom is -0.492 e. The molecule has 2 nitrogen and oxygen atoms in total. The van der Waals surface area contributed by atoms with Crippen molar-refractivity contribution in [1.82, 2.24) is 4.90 Å². The molecule has 0 amide bonds. The van der Waals surface area contributed by atoms with E-state index < -0.39 is 0 Å². The van der Waals surface area contributed by atoms with Gasteiger partial charge in [-0.25, -0.2) is 0 Å². The summed E-state index contributed by atoms with van der Waals surface area (Å²) >= 11 is 12.0. The van der Waals surface area contributed by atoms with Crippen LogP contribution in [-0.4, -0.2) is 31.1 Å². The molecule has 0 saturated carbocycles. The zero-order chi connectivity index (χ0) is 14.1. The maximum Gasteiger partial charge on any atom is 0.139 e. The largest absolute Gasteiger partial charge is 0.492 e. The van der Waals surface area contributed by atoms with Gasteiger partial charge in [-0.3, -0.25) is 0 Å². The number of rotatable bonds is 9. The van der Waals surface area contributed by atoms with E-state index in [1.807, 2.05) is 12.1 Å². The van der Waals surface area contributed by atoms with Crippen LogP contribution in [0.3, 0.4) is 0 Å². The summed E-state index contributed by atoms with van der Waals surface area (Å²) in [6.45, 7) is 8.53. The third kappa shape index (κ3) is 6.03. The zero-order valence-electron chi connectivity index (χ0n) is 11.8. The van der Waals surface area contributed by atoms with Crippen LogP contribution in [0.25, 0.3) is 0 Å². The van der Waals surface area contributed by atoms with Crippen molar-refractivity contribution in [2.24, 2.45) is 0 Å². The number of unbranched alkanes of at least 4 members (excludes halogenated alkanes) is 2. The lowest BCUT2D eigenvalue weighted by molar-refractivity contribution is 0.277. The Balaban J connectivity index is 2.16. The van der Waals surface area contributed by atoms with Gasteiger partial charge in [-0.15, -0.1) is 0 Å². The highest BCUT2D eigenvalue weighted by Crippen LogP contribution is 2.31. The first-order valence-electron chi connectivity index (χ1n) is 6.98. The van der Waals surface area contributed by atoms with Crippen LogP contribution in [0.5, 0.6) is 5.75 Å². The molecular weight excluding hydrogens is 281 g/mol. The predicted molar refractivity (Wildman–Crippen MR) is 83.6 cm³/mol. The first-order valence-corrected chi connectivity index (χ1v) is 7.73. The summed E-state index contributed by atoms with van der Waals surface area (Å²) < 4.78 is 5.65. The zero-order valence-corrected chi connectivity index (χ0v) is 13.3. The quantitative estimate of drug-likeness (QED) is 0.603. The van der Waals surface area contributed by atoms with Gasteiger partial charge in [-0.05, 0) is 51.0 Å². The lowest BCUT2D eigenvalue weighted by atomic mass is 10.2. The van der Waals surface area contributed by atoms with Crippen molar-refractivity contribution in [2.45, 2.75) is 33.1 Å². The number of hydrogen-bond donors (Lipinski definition) is 0. The molecule has 0 aromatic heterocycles. The fourth-order valence-electron chi connectivity index (χ4n) is 1.93. The highest BCUT2D eigenvalue weighted by Gasteiger charge is 2.05. The van der Waals surface area contributed by atoms with Gasteiger partial charge in [0.05, 0.1) is 11.6 Å². The summed E-state index contributed by atoms with van der Waals surface area (Å²) in [6, 6.07) is 5.47. The van der Waals surface area contributed by atoms with Crippen molar-refractivity contribution in [3.05, 3.63) is 28.2 Å². The molecule has 108 valence electrons. The standard InChI is InChI=1S/C15H23Cl2NO/c1-3-18(4-2)11-6-5-7-12-19-14-10-8-9-13(16)15(14)17/h8-10H,3-7,11-12H2,1-2H3. The van der Waals surface area contributed by atoms with Gasteiger partial charge >= 0.3 is 0 Å². The van der Waals surface area contributed by atoms with Crippen LogP contribution in [-0.2, 0) is 0 Å². The number of ether oxygens (including phenoxy) is 1. The Morgan fingerprint density at radius 1 is 1.05 bits per heavy atom. The molecule has 0 spiro atoms. The van der Waals surface area contributed by atoms with E-state index in [9.17, 15) is 0 Å². The van der Waals surface area contributed by atoms with Crippen LogP contribution in [0.1, 0.15) is 33.1 Å². The molecule has 0 fully saturated rings. The molecule has 0 heterocycles. The van der Waals surface area contributed by atoms with E-state index in [0.29, 0.717) is 22.4 Å². The molecule has 1 aromatic rings. The van der Waals surface area contributed by atoms with Gasteiger partial charge in [0.2, 0.25) is 0 Å². The lowest BCUT2D eigenvalue weighted by Gasteiger charge is -2.17. The van der Waals surface area contributed by atoms with E-state index in [1.165, 1.54) is 19.4 Å². The third-order valence-electron chi connectivity index (χ3n) is 3.19. The molecule has 19 heavy (non-hydrogen) atoms. The average molecular weight is 304 g/mol. The van der Waals surface area contributed by atoms with Gasteiger partial charge in [0.15, 0.2) is 0 Å². The topological polar surface area (TPSA) is 12.5 Å². The van der Waals surface area contributed by atoms with Crippen molar-refractivity contribution in [2.75, 3.05) is 26.2 Å². The van der Waals surface area contributed by atoms with E-state index in [1.54, 1.807) is 6.07 Å². The summed E-state index contributed by atoms with van der Waals surface area (Å²) in [6.07, 6.45) is 3.44. The van der Waals surface area contributed by atoms with E-state index in [0.717, 1.165) is 19.5 Å². The Morgan fingerprint density at radius 2 is 1.79 bits per heavy atom. The summed E-state index contributed by atoms with van der Waals surface area (Å²) in [4.78, 5) is 2.44. The van der Waals surface area contributed by atoms with Crippen molar-refractivity contribution in [3.63, 3.8) is 0 Å². The molecule has 0 bridgehead atoms. The maximum absolute atomic E-state index is 6.05. The van der Waals surface area contributed by atoms with Gasteiger partial charge in [0, 0.05) is 0 Å². The monoisotopic (exact) mass is 303 g/mol. The van der Waals surface area contributed by atoms with Crippen molar-refractivity contribution in [1.29, 1.82) is 0 Å². The molecule has 0 radical (unpaired) electrons. The molecule has 1 rings (SSSR count). The van der Waals surface area contributed by atoms with Crippen LogP contribution < -0.4 is 4.74 Å². The summed E-state index contributed by atoms with van der Waals surface area (Å²) in [7, 11) is 0. The molecule has 0 saturated heterocycles. The molecule has 0 aliphatic rings. The van der Waals surface area contributed by atoms with E-state index in [2.05, 4.69) is 18.7 Å². The van der Waals surface area contributed by atoms with Crippen LogP contribution >= 0.6 is 23.2 Å². The van der Waals surface area contributed by atoms with Crippen molar-refractivity contribution < 1.29 is 4.74 Å². The van der Waals surface area contributed by atoms with Gasteiger partial charge < -0.3 is 9.64 Å². The van der Waals surface area contributed by atoms with Crippen LogP contribution in [0.2, 0.25) is 10.0 Å². The first kappa shape index (κ1) is 16.6. The molecule has 0 aliphatic carbocycles. The Hall–Kier alpha value is -0.440. The second-order valence-corrected chi connectivity index (χ2v) is 5.27. The van der Waals surface area contributed by atoms with E-state index in [-0.39, 0.29) is 0 Å². The van der Waals surface area contributed by atoms with Gasteiger partial charge in [-0.1, -0.05) is 43.1 Å². The highest BCUT2D eigenvalue weighted by atomic mass is 35.5. The van der Waals surface area contributed by atoms with Crippen LogP contribution in [0, 0.1) is 0 Å². The molecule has 0 atom stereocenters. The Labute approximate surface area is 126 Å². The predicted octanol–water partition coefficient (Wildman–Crippen LogP) is 4.88. The fourth-order valence-corrected chi connectivity index (χ4v) is 2.28. The van der Waals surface area contributed by atoms with Crippen molar-refractivity contribution in [3.8, 4) is 5.75 Å². The second kappa shape index (κ2) is 9.46. The molecule has 0 aliphatic heterocycles. The SMILES string of the molecule is CCN(CC)CCCCCOc1cccc(Cl)c1Cl. The highest BCUT2D eigenvalue weighted by molar-refractivity contribution is 6.42. The molecule has 1 aromatic carbocycles. The fraction of sp³-hybridized carbons (Fsp3) is 0.600. The minimum atomic E-state index is 0.507. The normalized spacial score (nSPS) is 11.0. The van der Waals surface area contributed by atoms with Gasteiger partial charge in [-0.2, -0.15) is 0 Å². The van der Waals surface area contributed by atoms with Gasteiger partial charge in [0.1, 0.15) is 10.8 Å². The second-order valence-electron chi connectivity index (χ2n) is 4.49. The molecule has 0 unspecified atom stereocenters. The Morgan fingerprint density at radius 3 is 2.47 bits per heavy atom. The van der Waals surface area contributed by atoms with Crippen molar-refractivity contribution >= 4 is 23.2 Å². The number of nitrogens with zero attached hydrogens (tertiary/aromatic N) is 1. The first-order chi connectivity index (χ1) is 9.19. The Bertz CT molecular complexity index is 367. The average Bonchev–Trinajstić information content (AvgIpc) is 2.42. The lowest BCUT2D eigenvalue weighted by Crippen LogP contribution is -2.23. The maximum atomic E-state index is 6.05. The number of hydrogen-bond acceptors (Lipinski definition) is 2. The summed E-state index contributed by atoms with van der Waals surface area (Å²) in [5.41, 5.74) is 0. The molecular formula is C15H23Cl2NO. The minimum absolute atomic E-state index is 0.507. The molecule has 4 heteroatoms. The van der Waals surface area contributed by atoms with Gasteiger partial charge in [0.25, 0.3) is 0 Å². The Kier molecular flexibility index (Phi) is 8.27. The number of benzene rings is 1. The van der Waals surface area contributed by atoms with E-state index >= 15 is 0 Å². The third-order valence-corrected chi connectivity index (χ3v) is 3.99. The van der Waals surface area contributed by atoms with Crippen LogP contribution in [0.4, 0.5) is 0 Å². The molecule has 0 N–H and O–H groups in total. The number of halogens is 2. The van der Waals surface area contributed by atoms with Crippen LogP contribution in [0.15, 0.2) is 18.2 Å².